The molecule has 3 unspecified atom stereocenters. The molecule has 2 N–H and O–H groups in total. The molecule has 1 saturated carbocycles. The van der Waals surface area contributed by atoms with Crippen molar-refractivity contribution in [2.45, 2.75) is 70.1 Å². The summed E-state index contributed by atoms with van der Waals surface area (Å²) in [6.07, 6.45) is 7.10. The molecule has 0 bridgehead atoms. The highest BCUT2D eigenvalue weighted by atomic mass is 16.3. The Labute approximate surface area is 106 Å². The summed E-state index contributed by atoms with van der Waals surface area (Å²) in [6, 6.07) is 1.03. The Balaban J connectivity index is 1.95. The first-order chi connectivity index (χ1) is 8.13. The van der Waals surface area contributed by atoms with Crippen LogP contribution in [0, 0.1) is 0 Å². The summed E-state index contributed by atoms with van der Waals surface area (Å²) in [5.74, 6) is 0. The van der Waals surface area contributed by atoms with Gasteiger partial charge in [0.25, 0.3) is 0 Å². The van der Waals surface area contributed by atoms with E-state index in [0.717, 1.165) is 19.5 Å². The third-order valence-electron chi connectivity index (χ3n) is 4.45. The molecular formula is C14H28N2O. The van der Waals surface area contributed by atoms with Gasteiger partial charge >= 0.3 is 0 Å². The second-order valence-corrected chi connectivity index (χ2v) is 6.05. The number of rotatable bonds is 5. The average Bonchev–Trinajstić information content (AvgIpc) is 2.86. The second-order valence-electron chi connectivity index (χ2n) is 6.05. The number of nitrogens with one attached hydrogen (secondary N) is 1. The van der Waals surface area contributed by atoms with Crippen molar-refractivity contribution >= 4 is 0 Å². The van der Waals surface area contributed by atoms with Crippen LogP contribution in [0.3, 0.4) is 0 Å². The zero-order valence-corrected chi connectivity index (χ0v) is 11.4. The van der Waals surface area contributed by atoms with Crippen LogP contribution in [0.4, 0.5) is 0 Å². The summed E-state index contributed by atoms with van der Waals surface area (Å²) in [5, 5.41) is 14.0. The summed E-state index contributed by atoms with van der Waals surface area (Å²) >= 11 is 0. The normalized spacial score (nSPS) is 38.1. The van der Waals surface area contributed by atoms with Crippen molar-refractivity contribution in [3.8, 4) is 0 Å². The zero-order valence-electron chi connectivity index (χ0n) is 11.4. The van der Waals surface area contributed by atoms with Crippen molar-refractivity contribution in [1.82, 2.24) is 10.2 Å². The highest BCUT2D eigenvalue weighted by Crippen LogP contribution is 2.33. The molecule has 17 heavy (non-hydrogen) atoms. The van der Waals surface area contributed by atoms with Crippen LogP contribution in [0.15, 0.2) is 0 Å². The maximum atomic E-state index is 10.5. The van der Waals surface area contributed by atoms with E-state index in [9.17, 15) is 5.11 Å². The second kappa shape index (κ2) is 5.68. The van der Waals surface area contributed by atoms with Gasteiger partial charge < -0.3 is 10.4 Å². The fraction of sp³-hybridized carbons (Fsp3) is 1.00. The quantitative estimate of drug-likeness (QED) is 0.768. The Hall–Kier alpha value is -0.120. The van der Waals surface area contributed by atoms with Crippen LogP contribution >= 0.6 is 0 Å². The molecule has 0 radical (unpaired) electrons. The van der Waals surface area contributed by atoms with E-state index in [2.05, 4.69) is 17.1 Å². The molecule has 3 nitrogen and oxygen atoms in total. The molecule has 1 saturated heterocycles. The minimum atomic E-state index is -0.465. The Bertz CT molecular complexity index is 236. The summed E-state index contributed by atoms with van der Waals surface area (Å²) in [7, 11) is 0. The molecule has 2 aliphatic rings. The minimum Gasteiger partial charge on any atom is -0.389 e. The van der Waals surface area contributed by atoms with E-state index in [0.29, 0.717) is 12.1 Å². The first kappa shape index (κ1) is 13.3. The monoisotopic (exact) mass is 240 g/mol. The van der Waals surface area contributed by atoms with Crippen molar-refractivity contribution in [3.05, 3.63) is 0 Å². The lowest BCUT2D eigenvalue weighted by atomic mass is 9.98. The molecule has 1 aliphatic heterocycles. The molecule has 0 aromatic heterocycles. The molecule has 0 aromatic rings. The molecule has 0 aromatic carbocycles. The van der Waals surface area contributed by atoms with E-state index in [1.165, 1.54) is 38.6 Å². The van der Waals surface area contributed by atoms with Crippen molar-refractivity contribution in [3.63, 3.8) is 0 Å². The minimum absolute atomic E-state index is 0.379. The lowest BCUT2D eigenvalue weighted by molar-refractivity contribution is -0.0155. The predicted molar refractivity (Wildman–Crippen MR) is 71.2 cm³/mol. The summed E-state index contributed by atoms with van der Waals surface area (Å²) in [5.41, 5.74) is -0.465. The SMILES string of the molecule is CCCN(CC1CCCN1)C1CCCC1(C)O. The topological polar surface area (TPSA) is 35.5 Å². The zero-order chi connectivity index (χ0) is 12.3. The van der Waals surface area contributed by atoms with Gasteiger partial charge in [-0.3, -0.25) is 4.90 Å². The molecule has 1 aliphatic carbocycles. The maximum Gasteiger partial charge on any atom is 0.0774 e. The molecule has 1 heterocycles. The van der Waals surface area contributed by atoms with Gasteiger partial charge in [0.1, 0.15) is 0 Å². The van der Waals surface area contributed by atoms with E-state index in [4.69, 9.17) is 0 Å². The van der Waals surface area contributed by atoms with Crippen LogP contribution in [0.25, 0.3) is 0 Å². The van der Waals surface area contributed by atoms with E-state index < -0.39 is 5.60 Å². The molecule has 2 rings (SSSR count). The van der Waals surface area contributed by atoms with Crippen LogP contribution < -0.4 is 5.32 Å². The highest BCUT2D eigenvalue weighted by molar-refractivity contribution is 4.96. The first-order valence-electron chi connectivity index (χ1n) is 7.33. The van der Waals surface area contributed by atoms with Gasteiger partial charge in [-0.2, -0.15) is 0 Å². The third kappa shape index (κ3) is 3.21. The Morgan fingerprint density at radius 1 is 1.35 bits per heavy atom. The predicted octanol–water partition coefficient (Wildman–Crippen LogP) is 1.75. The van der Waals surface area contributed by atoms with Gasteiger partial charge in [-0.1, -0.05) is 6.92 Å². The number of hydrogen-bond donors (Lipinski definition) is 2. The molecule has 2 fully saturated rings. The van der Waals surface area contributed by atoms with Crippen LogP contribution in [0.5, 0.6) is 0 Å². The van der Waals surface area contributed by atoms with Crippen molar-refractivity contribution in [2.75, 3.05) is 19.6 Å². The third-order valence-corrected chi connectivity index (χ3v) is 4.45. The molecule has 0 amide bonds. The Kier molecular flexibility index (Phi) is 4.45. The summed E-state index contributed by atoms with van der Waals surface area (Å²) < 4.78 is 0. The van der Waals surface area contributed by atoms with Gasteiger partial charge in [0.05, 0.1) is 5.60 Å². The molecule has 3 heteroatoms. The first-order valence-corrected chi connectivity index (χ1v) is 7.33. The Morgan fingerprint density at radius 3 is 2.71 bits per heavy atom. The molecular weight excluding hydrogens is 212 g/mol. The van der Waals surface area contributed by atoms with Gasteiger partial charge in [-0.25, -0.2) is 0 Å². The summed E-state index contributed by atoms with van der Waals surface area (Å²) in [6.45, 7) is 7.67. The van der Waals surface area contributed by atoms with Gasteiger partial charge in [0.2, 0.25) is 0 Å². The fourth-order valence-electron chi connectivity index (χ4n) is 3.56. The van der Waals surface area contributed by atoms with E-state index in [-0.39, 0.29) is 0 Å². The Morgan fingerprint density at radius 2 is 2.18 bits per heavy atom. The molecule has 0 spiro atoms. The van der Waals surface area contributed by atoms with Crippen LogP contribution in [-0.4, -0.2) is 47.3 Å². The highest BCUT2D eigenvalue weighted by Gasteiger charge is 2.40. The lowest BCUT2D eigenvalue weighted by Crippen LogP contribution is -2.51. The fourth-order valence-corrected chi connectivity index (χ4v) is 3.56. The van der Waals surface area contributed by atoms with Crippen molar-refractivity contribution < 1.29 is 5.11 Å². The summed E-state index contributed by atoms with van der Waals surface area (Å²) in [4.78, 5) is 2.54. The van der Waals surface area contributed by atoms with Gasteiger partial charge in [-0.15, -0.1) is 0 Å². The largest absolute Gasteiger partial charge is 0.389 e. The smallest absolute Gasteiger partial charge is 0.0774 e. The van der Waals surface area contributed by atoms with Gasteiger partial charge in [0, 0.05) is 18.6 Å². The van der Waals surface area contributed by atoms with E-state index in [1.807, 2.05) is 6.92 Å². The number of aliphatic hydroxyl groups is 1. The van der Waals surface area contributed by atoms with Crippen LogP contribution in [0.2, 0.25) is 0 Å². The average molecular weight is 240 g/mol. The van der Waals surface area contributed by atoms with E-state index >= 15 is 0 Å². The van der Waals surface area contributed by atoms with Crippen molar-refractivity contribution in [1.29, 1.82) is 0 Å². The van der Waals surface area contributed by atoms with Crippen molar-refractivity contribution in [2.24, 2.45) is 0 Å². The molecule has 100 valence electrons. The number of nitrogens with zero attached hydrogens (tertiary/aromatic N) is 1. The van der Waals surface area contributed by atoms with E-state index in [1.54, 1.807) is 0 Å². The van der Waals surface area contributed by atoms with Gasteiger partial charge in [-0.05, 0) is 58.5 Å². The van der Waals surface area contributed by atoms with Crippen LogP contribution in [0.1, 0.15) is 52.4 Å². The lowest BCUT2D eigenvalue weighted by Gasteiger charge is -2.37. The molecule has 3 atom stereocenters. The number of hydrogen-bond acceptors (Lipinski definition) is 3. The van der Waals surface area contributed by atoms with Crippen LogP contribution in [-0.2, 0) is 0 Å². The maximum absolute atomic E-state index is 10.5. The van der Waals surface area contributed by atoms with Gasteiger partial charge in [0.15, 0.2) is 0 Å². The standard InChI is InChI=1S/C14H28N2O/c1-3-10-16(11-12-6-5-9-15-12)13-7-4-8-14(13,2)17/h12-13,15,17H,3-11H2,1-2H3.